The Labute approximate surface area is 98.4 Å². The topological polar surface area (TPSA) is 48.7 Å². The van der Waals surface area contributed by atoms with Gasteiger partial charge in [-0.25, -0.2) is 4.98 Å². The van der Waals surface area contributed by atoms with Crippen molar-refractivity contribution in [2.24, 2.45) is 0 Å². The van der Waals surface area contributed by atoms with Gasteiger partial charge < -0.3 is 5.32 Å². The minimum absolute atomic E-state index is 0.632. The number of rotatable bonds is 2. The van der Waals surface area contributed by atoms with Crippen molar-refractivity contribution in [3.8, 4) is 6.07 Å². The molecule has 0 fully saturated rings. The molecule has 1 aromatic heterocycles. The largest absolute Gasteiger partial charge is 0.330 e. The zero-order valence-electron chi connectivity index (χ0n) is 9.11. The Kier molecular flexibility index (Phi) is 2.88. The van der Waals surface area contributed by atoms with Crippen molar-refractivity contribution in [1.29, 1.82) is 5.26 Å². The zero-order chi connectivity index (χ0) is 11.5. The number of benzene rings is 1. The number of nitrogens with zero attached hydrogens (tertiary/aromatic N) is 2. The number of thiazole rings is 1. The van der Waals surface area contributed by atoms with E-state index < -0.39 is 0 Å². The summed E-state index contributed by atoms with van der Waals surface area (Å²) >= 11 is 1.60. The minimum atomic E-state index is 0.632. The molecule has 0 unspecified atom stereocenters. The van der Waals surface area contributed by atoms with E-state index in [2.05, 4.69) is 16.4 Å². The Balaban J connectivity index is 2.31. The lowest BCUT2D eigenvalue weighted by Crippen LogP contribution is -1.92. The van der Waals surface area contributed by atoms with Crippen molar-refractivity contribution in [3.05, 3.63) is 40.4 Å². The second kappa shape index (κ2) is 4.33. The molecule has 2 aromatic rings. The van der Waals surface area contributed by atoms with Gasteiger partial charge in [-0.05, 0) is 26.0 Å². The summed E-state index contributed by atoms with van der Waals surface area (Å²) in [6, 6.07) is 9.57. The van der Waals surface area contributed by atoms with E-state index in [1.165, 1.54) is 4.88 Å². The maximum Gasteiger partial charge on any atom is 0.187 e. The first-order valence-electron chi connectivity index (χ1n) is 4.91. The van der Waals surface area contributed by atoms with Crippen LogP contribution in [0.2, 0.25) is 0 Å². The van der Waals surface area contributed by atoms with Crippen molar-refractivity contribution >= 4 is 22.2 Å². The van der Waals surface area contributed by atoms with Crippen molar-refractivity contribution in [2.45, 2.75) is 13.8 Å². The first-order chi connectivity index (χ1) is 7.70. The van der Waals surface area contributed by atoms with Crippen LogP contribution in [0.4, 0.5) is 10.8 Å². The average molecular weight is 229 g/mol. The third-order valence-corrected chi connectivity index (χ3v) is 3.31. The maximum absolute atomic E-state index is 8.95. The Hall–Kier alpha value is -1.86. The van der Waals surface area contributed by atoms with Gasteiger partial charge in [-0.1, -0.05) is 12.1 Å². The van der Waals surface area contributed by atoms with Crippen LogP contribution in [-0.4, -0.2) is 4.98 Å². The van der Waals surface area contributed by atoms with Gasteiger partial charge in [0.2, 0.25) is 0 Å². The number of aryl methyl sites for hydroxylation is 2. The van der Waals surface area contributed by atoms with Crippen LogP contribution < -0.4 is 5.32 Å². The molecule has 1 heterocycles. The van der Waals surface area contributed by atoms with Gasteiger partial charge in [0.1, 0.15) is 6.07 Å². The molecule has 1 N–H and O–H groups in total. The predicted molar refractivity (Wildman–Crippen MR) is 66.0 cm³/mol. The summed E-state index contributed by atoms with van der Waals surface area (Å²) in [6.07, 6.45) is 0. The van der Waals surface area contributed by atoms with Crippen molar-refractivity contribution in [2.75, 3.05) is 5.32 Å². The van der Waals surface area contributed by atoms with E-state index >= 15 is 0 Å². The lowest BCUT2D eigenvalue weighted by atomic mass is 10.2. The summed E-state index contributed by atoms with van der Waals surface area (Å²) in [5.74, 6) is 0. The van der Waals surface area contributed by atoms with Crippen LogP contribution >= 0.6 is 11.3 Å². The molecule has 3 nitrogen and oxygen atoms in total. The van der Waals surface area contributed by atoms with Crippen molar-refractivity contribution < 1.29 is 0 Å². The highest BCUT2D eigenvalue weighted by atomic mass is 32.1. The summed E-state index contributed by atoms with van der Waals surface area (Å²) in [6.45, 7) is 4.02. The quantitative estimate of drug-likeness (QED) is 0.858. The summed E-state index contributed by atoms with van der Waals surface area (Å²) in [5, 5.41) is 13.0. The molecule has 0 saturated heterocycles. The molecular formula is C12H11N3S. The van der Waals surface area contributed by atoms with Gasteiger partial charge in [0.15, 0.2) is 5.13 Å². The van der Waals surface area contributed by atoms with E-state index in [9.17, 15) is 0 Å². The number of nitrogens with one attached hydrogen (secondary N) is 1. The van der Waals surface area contributed by atoms with Gasteiger partial charge in [-0.2, -0.15) is 5.26 Å². The van der Waals surface area contributed by atoms with Gasteiger partial charge in [0, 0.05) is 4.88 Å². The van der Waals surface area contributed by atoms with Crippen LogP contribution in [0.5, 0.6) is 0 Å². The monoisotopic (exact) mass is 229 g/mol. The molecule has 0 atom stereocenters. The number of nitriles is 1. The second-order valence-electron chi connectivity index (χ2n) is 3.44. The van der Waals surface area contributed by atoms with Gasteiger partial charge in [-0.15, -0.1) is 11.3 Å². The Morgan fingerprint density at radius 2 is 2.06 bits per heavy atom. The second-order valence-corrected chi connectivity index (χ2v) is 4.65. The molecule has 2 rings (SSSR count). The van der Waals surface area contributed by atoms with Crippen LogP contribution in [0.15, 0.2) is 24.3 Å². The fourth-order valence-electron chi connectivity index (χ4n) is 1.33. The molecular weight excluding hydrogens is 218 g/mol. The maximum atomic E-state index is 8.95. The molecule has 0 aliphatic heterocycles. The Morgan fingerprint density at radius 3 is 2.69 bits per heavy atom. The van der Waals surface area contributed by atoms with Gasteiger partial charge >= 0.3 is 0 Å². The third-order valence-electron chi connectivity index (χ3n) is 2.32. The van der Waals surface area contributed by atoms with Crippen LogP contribution in [0.3, 0.4) is 0 Å². The highest BCUT2D eigenvalue weighted by molar-refractivity contribution is 7.15. The fourth-order valence-corrected chi connectivity index (χ4v) is 2.16. The van der Waals surface area contributed by atoms with Crippen molar-refractivity contribution in [1.82, 2.24) is 4.98 Å². The molecule has 1 aromatic carbocycles. The predicted octanol–water partition coefficient (Wildman–Crippen LogP) is 3.38. The summed E-state index contributed by atoms with van der Waals surface area (Å²) in [4.78, 5) is 5.57. The standard InChI is InChI=1S/C12H11N3S/c1-8-9(2)16-12(14-8)15-11-6-4-3-5-10(11)7-13/h3-6H,1-2H3,(H,14,15). The summed E-state index contributed by atoms with van der Waals surface area (Å²) in [5.41, 5.74) is 2.47. The van der Waals surface area contributed by atoms with Gasteiger partial charge in [-0.3, -0.25) is 0 Å². The summed E-state index contributed by atoms with van der Waals surface area (Å²) < 4.78 is 0. The molecule has 0 radical (unpaired) electrons. The molecule has 0 spiro atoms. The molecule has 0 aliphatic rings. The zero-order valence-corrected chi connectivity index (χ0v) is 9.93. The molecule has 0 bridgehead atoms. The van der Waals surface area contributed by atoms with Gasteiger partial charge in [0.05, 0.1) is 16.9 Å². The Morgan fingerprint density at radius 1 is 1.31 bits per heavy atom. The average Bonchev–Trinajstić information content (AvgIpc) is 2.59. The highest BCUT2D eigenvalue weighted by Crippen LogP contribution is 2.26. The first kappa shape index (κ1) is 10.7. The van der Waals surface area contributed by atoms with Gasteiger partial charge in [0.25, 0.3) is 0 Å². The molecule has 0 saturated carbocycles. The number of hydrogen-bond acceptors (Lipinski definition) is 4. The SMILES string of the molecule is Cc1nc(Nc2ccccc2C#N)sc1C. The van der Waals surface area contributed by atoms with E-state index in [1.54, 1.807) is 17.4 Å². The van der Waals surface area contributed by atoms with Crippen LogP contribution in [-0.2, 0) is 0 Å². The number of para-hydroxylation sites is 1. The molecule has 0 aliphatic carbocycles. The minimum Gasteiger partial charge on any atom is -0.330 e. The van der Waals surface area contributed by atoms with Crippen molar-refractivity contribution in [3.63, 3.8) is 0 Å². The smallest absolute Gasteiger partial charge is 0.187 e. The van der Waals surface area contributed by atoms with E-state index in [-0.39, 0.29) is 0 Å². The van der Waals surface area contributed by atoms with Crippen LogP contribution in [0.25, 0.3) is 0 Å². The van der Waals surface area contributed by atoms with E-state index in [1.807, 2.05) is 32.0 Å². The normalized spacial score (nSPS) is 9.81. The number of hydrogen-bond donors (Lipinski definition) is 1. The molecule has 16 heavy (non-hydrogen) atoms. The third kappa shape index (κ3) is 2.05. The van der Waals surface area contributed by atoms with E-state index in [4.69, 9.17) is 5.26 Å². The molecule has 80 valence electrons. The lowest BCUT2D eigenvalue weighted by molar-refractivity contribution is 1.23. The lowest BCUT2D eigenvalue weighted by Gasteiger charge is -2.03. The fraction of sp³-hybridized carbons (Fsp3) is 0.167. The van der Waals surface area contributed by atoms with Crippen LogP contribution in [0, 0.1) is 25.2 Å². The number of anilines is 2. The Bertz CT molecular complexity index is 532. The summed E-state index contributed by atoms with van der Waals surface area (Å²) in [7, 11) is 0. The molecule has 0 amide bonds. The molecule has 4 heteroatoms. The van der Waals surface area contributed by atoms with E-state index in [0.29, 0.717) is 5.56 Å². The number of aromatic nitrogens is 1. The van der Waals surface area contributed by atoms with Crippen LogP contribution in [0.1, 0.15) is 16.1 Å². The van der Waals surface area contributed by atoms with E-state index in [0.717, 1.165) is 16.5 Å². The first-order valence-corrected chi connectivity index (χ1v) is 5.72. The highest BCUT2D eigenvalue weighted by Gasteiger charge is 2.06.